The van der Waals surface area contributed by atoms with Crippen molar-refractivity contribution in [3.63, 3.8) is 0 Å². The molecule has 0 fully saturated rings. The van der Waals surface area contributed by atoms with Crippen LogP contribution in [0.4, 0.5) is 0 Å². The van der Waals surface area contributed by atoms with Gasteiger partial charge < -0.3 is 16.8 Å². The number of fused-ring (bicyclic) bond motifs is 2. The smallest absolute Gasteiger partial charge is 0.251 e. The first kappa shape index (κ1) is 22.4. The first-order valence-corrected chi connectivity index (χ1v) is 10.0. The van der Waals surface area contributed by atoms with Crippen molar-refractivity contribution < 1.29 is 4.79 Å². The molecule has 0 saturated heterocycles. The quantitative estimate of drug-likeness (QED) is 0.197. The minimum Gasteiger partial charge on any atom is -0.355 e. The van der Waals surface area contributed by atoms with Crippen LogP contribution >= 0.6 is 0 Å². The summed E-state index contributed by atoms with van der Waals surface area (Å²) in [6, 6.07) is 11.8. The van der Waals surface area contributed by atoms with E-state index in [9.17, 15) is 4.79 Å². The standard InChI is InChI=1S/C23H29N7O/c1-14(13-25)15-4-6-19-17(10-15)12-18-11-16(21(31)27-2)5-7-20(18)23(19,8-9-24)22(28-3)29-30-26/h4-7,10-11,30H,1,3,8-9,12-13,24-26H2,2H3,(H,27,31)/b29-22-. The van der Waals surface area contributed by atoms with Crippen molar-refractivity contribution in [2.75, 3.05) is 20.1 Å². The van der Waals surface area contributed by atoms with Crippen LogP contribution in [0.2, 0.25) is 0 Å². The van der Waals surface area contributed by atoms with Gasteiger partial charge in [-0.2, -0.15) is 0 Å². The highest BCUT2D eigenvalue weighted by Crippen LogP contribution is 2.46. The SMILES string of the molecule is C=N/C(=N\NN)C1(CCN)c2ccc(C(=C)CN)cc2Cc2cc(C(=O)NC)ccc21. The molecule has 8 nitrogen and oxygen atoms in total. The summed E-state index contributed by atoms with van der Waals surface area (Å²) in [7, 11) is 1.61. The van der Waals surface area contributed by atoms with E-state index in [1.807, 2.05) is 24.3 Å². The molecule has 0 heterocycles. The number of hydrazine groups is 1. The monoisotopic (exact) mass is 419 g/mol. The second kappa shape index (κ2) is 9.22. The van der Waals surface area contributed by atoms with E-state index in [4.69, 9.17) is 17.3 Å². The fourth-order valence-electron chi connectivity index (χ4n) is 4.45. The molecule has 1 aliphatic rings. The lowest BCUT2D eigenvalue weighted by atomic mass is 9.63. The van der Waals surface area contributed by atoms with E-state index in [1.54, 1.807) is 13.1 Å². The molecule has 2 aromatic rings. The third-order valence-electron chi connectivity index (χ3n) is 5.88. The van der Waals surface area contributed by atoms with Crippen LogP contribution < -0.4 is 28.2 Å². The maximum Gasteiger partial charge on any atom is 0.251 e. The highest BCUT2D eigenvalue weighted by atomic mass is 16.1. The number of aliphatic imine (C=N–C) groups is 1. The molecular formula is C23H29N7O. The molecule has 0 aliphatic heterocycles. The van der Waals surface area contributed by atoms with Gasteiger partial charge in [-0.05, 0) is 71.6 Å². The van der Waals surface area contributed by atoms with Crippen molar-refractivity contribution >= 4 is 24.0 Å². The molecule has 0 spiro atoms. The third kappa shape index (κ3) is 3.76. The van der Waals surface area contributed by atoms with Crippen LogP contribution in [0.5, 0.6) is 0 Å². The third-order valence-corrected chi connectivity index (χ3v) is 5.88. The number of carbonyl (C=O) groups excluding carboxylic acids is 1. The Morgan fingerprint density at radius 3 is 2.26 bits per heavy atom. The number of amidine groups is 1. The van der Waals surface area contributed by atoms with Crippen LogP contribution in [0.1, 0.15) is 44.6 Å². The summed E-state index contributed by atoms with van der Waals surface area (Å²) in [5, 5.41) is 6.92. The van der Waals surface area contributed by atoms with Gasteiger partial charge in [0, 0.05) is 19.2 Å². The minimum atomic E-state index is -0.768. The minimum absolute atomic E-state index is 0.150. The second-order valence-electron chi connectivity index (χ2n) is 7.47. The number of rotatable bonds is 7. The summed E-state index contributed by atoms with van der Waals surface area (Å²) in [6.07, 6.45) is 1.16. The Balaban J connectivity index is 2.36. The number of hydrazone groups is 1. The molecular weight excluding hydrogens is 390 g/mol. The number of nitrogens with two attached hydrogens (primary N) is 3. The molecule has 31 heavy (non-hydrogen) atoms. The van der Waals surface area contributed by atoms with E-state index in [0.717, 1.165) is 33.4 Å². The van der Waals surface area contributed by atoms with E-state index in [2.05, 4.69) is 40.3 Å². The molecule has 1 unspecified atom stereocenters. The summed E-state index contributed by atoms with van der Waals surface area (Å²) in [6.45, 7) is 8.54. The zero-order valence-electron chi connectivity index (χ0n) is 17.7. The molecule has 1 amide bonds. The molecule has 0 saturated carbocycles. The van der Waals surface area contributed by atoms with E-state index in [0.29, 0.717) is 37.3 Å². The Kier molecular flexibility index (Phi) is 6.65. The lowest BCUT2D eigenvalue weighted by Crippen LogP contribution is -2.43. The van der Waals surface area contributed by atoms with Crippen molar-refractivity contribution in [1.29, 1.82) is 0 Å². The normalized spacial score (nSPS) is 17.4. The number of amides is 1. The predicted octanol–water partition coefficient (Wildman–Crippen LogP) is 1.03. The highest BCUT2D eigenvalue weighted by Gasteiger charge is 2.45. The van der Waals surface area contributed by atoms with Gasteiger partial charge in [0.1, 0.15) is 0 Å². The Morgan fingerprint density at radius 2 is 1.74 bits per heavy atom. The summed E-state index contributed by atoms with van der Waals surface area (Å²) < 4.78 is 0. The number of nitrogens with zero attached hydrogens (tertiary/aromatic N) is 2. The van der Waals surface area contributed by atoms with E-state index in [-0.39, 0.29) is 5.91 Å². The van der Waals surface area contributed by atoms with Gasteiger partial charge in [-0.25, -0.2) is 16.4 Å². The lowest BCUT2D eigenvalue weighted by molar-refractivity contribution is 0.0963. The lowest BCUT2D eigenvalue weighted by Gasteiger charge is -2.40. The molecule has 2 aromatic carbocycles. The van der Waals surface area contributed by atoms with E-state index < -0.39 is 5.41 Å². The van der Waals surface area contributed by atoms with Gasteiger partial charge in [0.15, 0.2) is 5.84 Å². The maximum absolute atomic E-state index is 12.3. The molecule has 0 bridgehead atoms. The van der Waals surface area contributed by atoms with Gasteiger partial charge in [0.05, 0.1) is 5.41 Å². The Morgan fingerprint density at radius 1 is 1.13 bits per heavy atom. The Hall–Kier alpha value is -3.33. The number of benzene rings is 2. The molecule has 1 aliphatic carbocycles. The van der Waals surface area contributed by atoms with Crippen LogP contribution in [0.15, 0.2) is 53.1 Å². The van der Waals surface area contributed by atoms with Crippen molar-refractivity contribution in [3.8, 4) is 0 Å². The first-order chi connectivity index (χ1) is 15.0. The summed E-state index contributed by atoms with van der Waals surface area (Å²) in [4.78, 5) is 16.5. The highest BCUT2D eigenvalue weighted by molar-refractivity contribution is 6.01. The number of carbonyl (C=O) groups is 1. The molecule has 3 rings (SSSR count). The summed E-state index contributed by atoms with van der Waals surface area (Å²) >= 11 is 0. The van der Waals surface area contributed by atoms with Gasteiger partial charge >= 0.3 is 0 Å². The van der Waals surface area contributed by atoms with Crippen LogP contribution in [0.25, 0.3) is 5.57 Å². The predicted molar refractivity (Wildman–Crippen MR) is 126 cm³/mol. The molecule has 0 radical (unpaired) electrons. The molecule has 8 heteroatoms. The largest absolute Gasteiger partial charge is 0.355 e. The number of nitrogens with one attached hydrogen (secondary N) is 2. The average molecular weight is 420 g/mol. The summed E-state index contributed by atoms with van der Waals surface area (Å²) in [5.74, 6) is 5.80. The second-order valence-corrected chi connectivity index (χ2v) is 7.47. The van der Waals surface area contributed by atoms with Gasteiger partial charge in [-0.1, -0.05) is 30.8 Å². The fourth-order valence-corrected chi connectivity index (χ4v) is 4.45. The molecule has 1 atom stereocenters. The first-order valence-electron chi connectivity index (χ1n) is 10.0. The Labute approximate surface area is 182 Å². The van der Waals surface area contributed by atoms with Gasteiger partial charge in [0.25, 0.3) is 5.91 Å². The van der Waals surface area contributed by atoms with Gasteiger partial charge in [0.2, 0.25) is 0 Å². The van der Waals surface area contributed by atoms with Gasteiger partial charge in [-0.15, -0.1) is 5.10 Å². The van der Waals surface area contributed by atoms with E-state index in [1.165, 1.54) is 0 Å². The van der Waals surface area contributed by atoms with Crippen molar-refractivity contribution in [2.45, 2.75) is 18.3 Å². The van der Waals surface area contributed by atoms with Crippen LogP contribution in [-0.2, 0) is 11.8 Å². The van der Waals surface area contributed by atoms with Crippen LogP contribution in [0.3, 0.4) is 0 Å². The molecule has 0 aromatic heterocycles. The van der Waals surface area contributed by atoms with Crippen molar-refractivity contribution in [1.82, 2.24) is 10.9 Å². The Bertz CT molecular complexity index is 992. The van der Waals surface area contributed by atoms with E-state index >= 15 is 0 Å². The van der Waals surface area contributed by atoms with Gasteiger partial charge in [-0.3, -0.25) is 4.79 Å². The fraction of sp³-hybridized carbons (Fsp3) is 0.261. The van der Waals surface area contributed by atoms with Crippen LogP contribution in [-0.4, -0.2) is 38.6 Å². The van der Waals surface area contributed by atoms with Crippen molar-refractivity contribution in [2.24, 2.45) is 27.4 Å². The number of hydrogen-bond acceptors (Lipinski definition) is 6. The topological polar surface area (TPSA) is 144 Å². The summed E-state index contributed by atoms with van der Waals surface area (Å²) in [5.41, 5.74) is 19.9. The van der Waals surface area contributed by atoms with Crippen LogP contribution in [0, 0.1) is 0 Å². The zero-order valence-corrected chi connectivity index (χ0v) is 17.7. The maximum atomic E-state index is 12.3. The molecule has 8 N–H and O–H groups in total. The van der Waals surface area contributed by atoms with Crippen molar-refractivity contribution in [3.05, 3.63) is 76.4 Å². The zero-order chi connectivity index (χ0) is 22.6. The molecule has 162 valence electrons. The average Bonchev–Trinajstić information content (AvgIpc) is 2.80. The number of hydrogen-bond donors (Lipinski definition) is 5.